The first kappa shape index (κ1) is 28.4. The van der Waals surface area contributed by atoms with Gasteiger partial charge in [0.1, 0.15) is 18.1 Å². The molecule has 0 unspecified atom stereocenters. The second-order valence-corrected chi connectivity index (χ2v) is 10.8. The van der Waals surface area contributed by atoms with Crippen molar-refractivity contribution in [1.82, 2.24) is 9.80 Å². The number of rotatable bonds is 13. The fraction of sp³-hybridized carbons (Fsp3) is 0.393. The van der Waals surface area contributed by atoms with Crippen LogP contribution in [0.2, 0.25) is 5.02 Å². The largest absolute Gasteiger partial charge is 0.490 e. The smallest absolute Gasteiger partial charge is 0.322 e. The standard InChI is InChI=1S/C28H33ClFN5O4/c1-34(2)7-5-20-21(15-36)22(29)3-4-26(20)39-19-11-28(12-19)16-35(17-28)8-6-32-25-10-24(33-14-27(37)38)18(13-31)9-23(25)30/h3-5,7,9-10,13,15,19,31-33H,6,8,11-12,14,16-17H2,1-2H3,(H,37,38)/b7-5-,31-13?. The second kappa shape index (κ2) is 12.0. The van der Waals surface area contributed by atoms with E-state index in [1.54, 1.807) is 6.07 Å². The Morgan fingerprint density at radius 2 is 2.00 bits per heavy atom. The van der Waals surface area contributed by atoms with Gasteiger partial charge in [-0.2, -0.15) is 0 Å². The summed E-state index contributed by atoms with van der Waals surface area (Å²) in [5.41, 5.74) is 2.24. The van der Waals surface area contributed by atoms with E-state index in [-0.39, 0.29) is 29.3 Å². The lowest BCUT2D eigenvalue weighted by Crippen LogP contribution is -2.65. The maximum absolute atomic E-state index is 14.5. The number of likely N-dealkylation sites (tertiary alicyclic amines) is 1. The molecule has 2 aromatic carbocycles. The molecule has 1 aliphatic carbocycles. The van der Waals surface area contributed by atoms with Crippen LogP contribution < -0.4 is 15.4 Å². The minimum absolute atomic E-state index is 0.0654. The van der Waals surface area contributed by atoms with E-state index >= 15 is 0 Å². The van der Waals surface area contributed by atoms with Crippen molar-refractivity contribution >= 4 is 47.5 Å². The van der Waals surface area contributed by atoms with Gasteiger partial charge in [-0.25, -0.2) is 4.39 Å². The lowest BCUT2D eigenvalue weighted by molar-refractivity contribution is -0.134. The van der Waals surface area contributed by atoms with E-state index in [2.05, 4.69) is 15.5 Å². The molecule has 0 aromatic heterocycles. The van der Waals surface area contributed by atoms with Crippen molar-refractivity contribution in [2.75, 3.05) is 57.5 Å². The Labute approximate surface area is 232 Å². The molecule has 0 radical (unpaired) electrons. The highest BCUT2D eigenvalue weighted by atomic mass is 35.5. The summed E-state index contributed by atoms with van der Waals surface area (Å²) >= 11 is 6.23. The van der Waals surface area contributed by atoms with Gasteiger partial charge >= 0.3 is 5.97 Å². The van der Waals surface area contributed by atoms with Gasteiger partial charge in [-0.1, -0.05) is 11.6 Å². The van der Waals surface area contributed by atoms with E-state index in [4.69, 9.17) is 26.9 Å². The third kappa shape index (κ3) is 6.69. The molecular formula is C28H33ClFN5O4. The van der Waals surface area contributed by atoms with Crippen molar-refractivity contribution in [2.45, 2.75) is 18.9 Å². The van der Waals surface area contributed by atoms with Gasteiger partial charge in [0.25, 0.3) is 0 Å². The van der Waals surface area contributed by atoms with Crippen LogP contribution in [0.3, 0.4) is 0 Å². The predicted molar refractivity (Wildman–Crippen MR) is 151 cm³/mol. The van der Waals surface area contributed by atoms with Crippen LogP contribution in [0.25, 0.3) is 6.08 Å². The summed E-state index contributed by atoms with van der Waals surface area (Å²) in [5, 5.41) is 22.5. The number of halogens is 2. The summed E-state index contributed by atoms with van der Waals surface area (Å²) < 4.78 is 20.7. The second-order valence-electron chi connectivity index (χ2n) is 10.4. The van der Waals surface area contributed by atoms with Gasteiger partial charge in [-0.05, 0) is 49.4 Å². The average molecular weight is 558 g/mol. The Bertz CT molecular complexity index is 1270. The molecule has 1 saturated carbocycles. The number of nitrogens with one attached hydrogen (secondary N) is 3. The summed E-state index contributed by atoms with van der Waals surface area (Å²) in [5.74, 6) is -0.887. The van der Waals surface area contributed by atoms with Crippen LogP contribution in [0.5, 0.6) is 5.75 Å². The number of carboxylic acids is 1. The monoisotopic (exact) mass is 557 g/mol. The zero-order chi connectivity index (χ0) is 28.2. The number of aliphatic carboxylic acids is 1. The Morgan fingerprint density at radius 3 is 2.64 bits per heavy atom. The van der Waals surface area contributed by atoms with Gasteiger partial charge in [0, 0.05) is 74.3 Å². The first-order chi connectivity index (χ1) is 18.6. The SMILES string of the molecule is CN(C)/C=C\c1c(OC2CC3(C2)CN(CCNc2cc(NCC(=O)O)c(C=N)cc2F)C3)ccc(Cl)c1C=O. The number of hydrogen-bond donors (Lipinski definition) is 4. The van der Waals surface area contributed by atoms with Gasteiger partial charge in [0.2, 0.25) is 0 Å². The predicted octanol–water partition coefficient (Wildman–Crippen LogP) is 4.27. The van der Waals surface area contributed by atoms with Crippen LogP contribution >= 0.6 is 11.6 Å². The fourth-order valence-electron chi connectivity index (χ4n) is 5.21. The fourth-order valence-corrected chi connectivity index (χ4v) is 5.42. The number of carbonyl (C=O) groups excluding carboxylic acids is 1. The normalized spacial score (nSPS) is 16.4. The molecule has 1 aliphatic heterocycles. The lowest BCUT2D eigenvalue weighted by Gasteiger charge is -2.58. The summed E-state index contributed by atoms with van der Waals surface area (Å²) in [6.07, 6.45) is 7.34. The molecule has 4 rings (SSSR count). The molecule has 11 heteroatoms. The maximum atomic E-state index is 14.5. The highest BCUT2D eigenvalue weighted by molar-refractivity contribution is 6.33. The zero-order valence-corrected chi connectivity index (χ0v) is 22.7. The van der Waals surface area contributed by atoms with E-state index < -0.39 is 11.8 Å². The van der Waals surface area contributed by atoms with Crippen molar-refractivity contribution in [2.24, 2.45) is 5.41 Å². The van der Waals surface area contributed by atoms with Gasteiger partial charge in [-0.3, -0.25) is 9.59 Å². The van der Waals surface area contributed by atoms with Crippen molar-refractivity contribution in [3.05, 3.63) is 58.0 Å². The Hall–Kier alpha value is -3.63. The maximum Gasteiger partial charge on any atom is 0.322 e. The molecule has 0 atom stereocenters. The summed E-state index contributed by atoms with van der Waals surface area (Å²) in [6, 6.07) is 6.21. The van der Waals surface area contributed by atoms with Crippen molar-refractivity contribution in [3.63, 3.8) is 0 Å². The minimum atomic E-state index is -1.04. The molecule has 2 aromatic rings. The highest BCUT2D eigenvalue weighted by Crippen LogP contribution is 2.50. The van der Waals surface area contributed by atoms with Gasteiger partial charge in [0.05, 0.1) is 16.8 Å². The molecule has 0 amide bonds. The first-order valence-electron chi connectivity index (χ1n) is 12.7. The van der Waals surface area contributed by atoms with Crippen molar-refractivity contribution in [3.8, 4) is 5.75 Å². The molecule has 9 nitrogen and oxygen atoms in total. The molecule has 39 heavy (non-hydrogen) atoms. The number of hydrogen-bond acceptors (Lipinski definition) is 8. The summed E-state index contributed by atoms with van der Waals surface area (Å²) in [4.78, 5) is 26.7. The highest BCUT2D eigenvalue weighted by Gasteiger charge is 2.53. The molecule has 208 valence electrons. The molecule has 1 heterocycles. The Balaban J connectivity index is 1.26. The van der Waals surface area contributed by atoms with Crippen LogP contribution in [0.4, 0.5) is 15.8 Å². The molecule has 0 bridgehead atoms. The van der Waals surface area contributed by atoms with Gasteiger partial charge in [-0.15, -0.1) is 0 Å². The molecule has 2 fully saturated rings. The zero-order valence-electron chi connectivity index (χ0n) is 22.0. The average Bonchev–Trinajstić information content (AvgIpc) is 2.84. The third-order valence-electron chi connectivity index (χ3n) is 7.05. The van der Waals surface area contributed by atoms with E-state index in [1.165, 1.54) is 12.1 Å². The Morgan fingerprint density at radius 1 is 1.26 bits per heavy atom. The number of carbonyl (C=O) groups is 2. The third-order valence-corrected chi connectivity index (χ3v) is 7.38. The lowest BCUT2D eigenvalue weighted by atomic mass is 9.61. The molecule has 2 aliphatic rings. The van der Waals surface area contributed by atoms with Gasteiger partial charge < -0.3 is 35.7 Å². The number of carboxylic acid groups (broad SMARTS) is 1. The quantitative estimate of drug-likeness (QED) is 0.213. The Kier molecular flexibility index (Phi) is 8.76. The molecule has 4 N–H and O–H groups in total. The van der Waals surface area contributed by atoms with Crippen LogP contribution in [0.15, 0.2) is 30.5 Å². The van der Waals surface area contributed by atoms with Crippen LogP contribution in [-0.4, -0.2) is 86.3 Å². The van der Waals surface area contributed by atoms with E-state index in [1.807, 2.05) is 37.3 Å². The number of nitrogens with zero attached hydrogens (tertiary/aromatic N) is 2. The number of aldehydes is 1. The summed E-state index contributed by atoms with van der Waals surface area (Å²) in [7, 11) is 3.80. The topological polar surface area (TPSA) is 118 Å². The van der Waals surface area contributed by atoms with Crippen LogP contribution in [-0.2, 0) is 4.79 Å². The molecular weight excluding hydrogens is 525 g/mol. The number of benzene rings is 2. The summed E-state index contributed by atoms with van der Waals surface area (Å²) in [6.45, 7) is 2.80. The van der Waals surface area contributed by atoms with Crippen molar-refractivity contribution < 1.29 is 23.8 Å². The van der Waals surface area contributed by atoms with Crippen LogP contribution in [0.1, 0.15) is 34.3 Å². The molecule has 1 spiro atoms. The number of ether oxygens (including phenoxy) is 1. The first-order valence-corrected chi connectivity index (χ1v) is 13.1. The minimum Gasteiger partial charge on any atom is -0.490 e. The molecule has 1 saturated heterocycles. The van der Waals surface area contributed by atoms with Crippen molar-refractivity contribution in [1.29, 1.82) is 5.41 Å². The van der Waals surface area contributed by atoms with Gasteiger partial charge in [0.15, 0.2) is 6.29 Å². The number of anilines is 2. The van der Waals surface area contributed by atoms with E-state index in [0.717, 1.165) is 45.0 Å². The van der Waals surface area contributed by atoms with E-state index in [9.17, 15) is 14.0 Å². The van der Waals surface area contributed by atoms with E-state index in [0.29, 0.717) is 34.1 Å². The van der Waals surface area contributed by atoms with Crippen LogP contribution in [0, 0.1) is 16.6 Å².